The minimum absolute atomic E-state index is 0.0595. The lowest BCUT2D eigenvalue weighted by Gasteiger charge is -2.08. The molecule has 0 radical (unpaired) electrons. The van der Waals surface area contributed by atoms with Crippen LogP contribution in [0.15, 0.2) is 15.9 Å². The summed E-state index contributed by atoms with van der Waals surface area (Å²) in [5.74, 6) is -0.319. The van der Waals surface area contributed by atoms with E-state index in [1.54, 1.807) is 13.0 Å². The van der Waals surface area contributed by atoms with Crippen molar-refractivity contribution in [2.24, 2.45) is 0 Å². The van der Waals surface area contributed by atoms with Crippen molar-refractivity contribution < 1.29 is 9.90 Å². The Morgan fingerprint density at radius 3 is 3.06 bits per heavy atom. The number of carboxylic acids is 1. The molecule has 2 rings (SSSR count). The number of carboxylic acid groups (broad SMARTS) is 1. The first-order valence-corrected chi connectivity index (χ1v) is 6.18. The summed E-state index contributed by atoms with van der Waals surface area (Å²) < 4.78 is 1.37. The molecule has 1 atom stereocenters. The van der Waals surface area contributed by atoms with Crippen LogP contribution < -0.4 is 5.69 Å². The average Bonchev–Trinajstić information content (AvgIpc) is 2.58. The van der Waals surface area contributed by atoms with Gasteiger partial charge in [0.25, 0.3) is 0 Å². The SMILES string of the molecule is Cc1nc(SC(C)CC(=O)O)cc2n[nH]c(=O)n12. The third-order valence-electron chi connectivity index (χ3n) is 2.33. The Kier molecular flexibility index (Phi) is 3.37. The molecule has 0 saturated carbocycles. The molecule has 18 heavy (non-hydrogen) atoms. The first-order valence-electron chi connectivity index (χ1n) is 5.30. The van der Waals surface area contributed by atoms with Crippen molar-refractivity contribution in [2.45, 2.75) is 30.5 Å². The fourth-order valence-electron chi connectivity index (χ4n) is 1.62. The van der Waals surface area contributed by atoms with Crippen LogP contribution in [0.1, 0.15) is 19.2 Å². The molecule has 8 heteroatoms. The summed E-state index contributed by atoms with van der Waals surface area (Å²) in [6, 6.07) is 1.66. The van der Waals surface area contributed by atoms with Crippen LogP contribution in [0.2, 0.25) is 0 Å². The number of thioether (sulfide) groups is 1. The van der Waals surface area contributed by atoms with Gasteiger partial charge in [0.05, 0.1) is 6.42 Å². The van der Waals surface area contributed by atoms with Crippen LogP contribution in [0.3, 0.4) is 0 Å². The van der Waals surface area contributed by atoms with Gasteiger partial charge in [0.2, 0.25) is 0 Å². The van der Waals surface area contributed by atoms with Crippen LogP contribution in [0.4, 0.5) is 0 Å². The molecule has 7 nitrogen and oxygen atoms in total. The number of carbonyl (C=O) groups is 1. The van der Waals surface area contributed by atoms with E-state index in [1.165, 1.54) is 16.2 Å². The van der Waals surface area contributed by atoms with Crippen LogP contribution in [0.25, 0.3) is 5.65 Å². The van der Waals surface area contributed by atoms with Gasteiger partial charge in [-0.2, -0.15) is 5.10 Å². The second kappa shape index (κ2) is 4.81. The number of nitrogens with zero attached hydrogens (tertiary/aromatic N) is 3. The average molecular weight is 268 g/mol. The normalized spacial score (nSPS) is 12.8. The first-order chi connectivity index (χ1) is 8.47. The van der Waals surface area contributed by atoms with E-state index in [-0.39, 0.29) is 17.4 Å². The van der Waals surface area contributed by atoms with Crippen LogP contribution >= 0.6 is 11.8 Å². The number of aliphatic carboxylic acids is 1. The van der Waals surface area contributed by atoms with Crippen molar-refractivity contribution in [3.63, 3.8) is 0 Å². The standard InChI is InChI=1S/C10H12N4O3S/c1-5(3-9(15)16)18-8-4-7-12-13-10(17)14(7)6(2)11-8/h4-5H,3H2,1-2H3,(H,13,17)(H,15,16). The topological polar surface area (TPSA) is 100 Å². The van der Waals surface area contributed by atoms with Gasteiger partial charge in [-0.25, -0.2) is 19.3 Å². The zero-order valence-corrected chi connectivity index (χ0v) is 10.7. The van der Waals surface area contributed by atoms with Gasteiger partial charge in [0, 0.05) is 11.3 Å². The predicted molar refractivity (Wildman–Crippen MR) is 65.9 cm³/mol. The van der Waals surface area contributed by atoms with Crippen LogP contribution in [0.5, 0.6) is 0 Å². The fraction of sp³-hybridized carbons (Fsp3) is 0.400. The Hall–Kier alpha value is -1.83. The lowest BCUT2D eigenvalue weighted by molar-refractivity contribution is -0.136. The molecule has 0 saturated heterocycles. The van der Waals surface area contributed by atoms with Crippen molar-refractivity contribution in [3.05, 3.63) is 22.4 Å². The molecule has 2 aromatic rings. The molecule has 0 aromatic carbocycles. The van der Waals surface area contributed by atoms with Gasteiger partial charge in [-0.3, -0.25) is 4.79 Å². The molecule has 2 heterocycles. The third kappa shape index (κ3) is 2.53. The monoisotopic (exact) mass is 268 g/mol. The first kappa shape index (κ1) is 12.6. The number of hydrogen-bond donors (Lipinski definition) is 2. The van der Waals surface area contributed by atoms with E-state index in [1.807, 2.05) is 6.92 Å². The molecule has 0 bridgehead atoms. The summed E-state index contributed by atoms with van der Waals surface area (Å²) in [7, 11) is 0. The minimum Gasteiger partial charge on any atom is -0.481 e. The van der Waals surface area contributed by atoms with Gasteiger partial charge in [-0.1, -0.05) is 6.92 Å². The number of hydrogen-bond acceptors (Lipinski definition) is 5. The highest BCUT2D eigenvalue weighted by atomic mass is 32.2. The van der Waals surface area contributed by atoms with E-state index in [0.29, 0.717) is 16.5 Å². The zero-order valence-electron chi connectivity index (χ0n) is 9.88. The summed E-state index contributed by atoms with van der Waals surface area (Å²) in [5, 5.41) is 15.5. The van der Waals surface area contributed by atoms with Crippen molar-refractivity contribution in [1.82, 2.24) is 19.6 Å². The number of fused-ring (bicyclic) bond motifs is 1. The molecular formula is C10H12N4O3S. The van der Waals surface area contributed by atoms with Gasteiger partial charge < -0.3 is 5.11 Å². The van der Waals surface area contributed by atoms with Crippen LogP contribution in [-0.2, 0) is 4.79 Å². The van der Waals surface area contributed by atoms with E-state index < -0.39 is 5.97 Å². The largest absolute Gasteiger partial charge is 0.481 e. The van der Waals surface area contributed by atoms with Crippen molar-refractivity contribution in [2.75, 3.05) is 0 Å². The minimum atomic E-state index is -0.844. The maximum absolute atomic E-state index is 11.4. The summed E-state index contributed by atoms with van der Waals surface area (Å²) in [5.41, 5.74) is 0.155. The molecule has 2 N–H and O–H groups in total. The molecule has 0 aliphatic heterocycles. The van der Waals surface area contributed by atoms with Gasteiger partial charge >= 0.3 is 11.7 Å². The molecule has 0 spiro atoms. The maximum atomic E-state index is 11.4. The maximum Gasteiger partial charge on any atom is 0.349 e. The third-order valence-corrected chi connectivity index (χ3v) is 3.35. The number of aromatic nitrogens is 4. The quantitative estimate of drug-likeness (QED) is 0.624. The highest BCUT2D eigenvalue weighted by Gasteiger charge is 2.12. The lowest BCUT2D eigenvalue weighted by Crippen LogP contribution is -2.13. The van der Waals surface area contributed by atoms with E-state index in [9.17, 15) is 9.59 Å². The van der Waals surface area contributed by atoms with Gasteiger partial charge in [0.1, 0.15) is 10.9 Å². The fourth-order valence-corrected chi connectivity index (χ4v) is 2.62. The second-order valence-corrected chi connectivity index (χ2v) is 5.35. The molecule has 0 amide bonds. The van der Waals surface area contributed by atoms with Crippen molar-refractivity contribution >= 4 is 23.4 Å². The van der Waals surface area contributed by atoms with Gasteiger partial charge in [0.15, 0.2) is 5.65 Å². The Morgan fingerprint density at radius 1 is 1.67 bits per heavy atom. The smallest absolute Gasteiger partial charge is 0.349 e. The molecule has 1 unspecified atom stereocenters. The Labute approximate surface area is 106 Å². The molecule has 96 valence electrons. The Balaban J connectivity index is 2.30. The highest BCUT2D eigenvalue weighted by Crippen LogP contribution is 2.24. The van der Waals surface area contributed by atoms with Gasteiger partial charge in [-0.15, -0.1) is 11.8 Å². The van der Waals surface area contributed by atoms with Crippen molar-refractivity contribution in [3.8, 4) is 0 Å². The molecule has 0 aliphatic rings. The van der Waals surface area contributed by atoms with E-state index in [2.05, 4.69) is 15.2 Å². The Bertz CT molecular complexity index is 648. The molecular weight excluding hydrogens is 256 g/mol. The Morgan fingerprint density at radius 2 is 2.39 bits per heavy atom. The summed E-state index contributed by atoms with van der Waals surface area (Å²) in [6.07, 6.45) is 0.0595. The van der Waals surface area contributed by atoms with E-state index in [4.69, 9.17) is 5.11 Å². The summed E-state index contributed by atoms with van der Waals surface area (Å²) >= 11 is 1.35. The molecule has 0 aliphatic carbocycles. The number of rotatable bonds is 4. The number of nitrogens with one attached hydrogen (secondary N) is 1. The van der Waals surface area contributed by atoms with Crippen LogP contribution in [0, 0.1) is 6.92 Å². The number of H-pyrrole nitrogens is 1. The summed E-state index contributed by atoms with van der Waals surface area (Å²) in [4.78, 5) is 26.2. The van der Waals surface area contributed by atoms with E-state index in [0.717, 1.165) is 0 Å². The highest BCUT2D eigenvalue weighted by molar-refractivity contribution is 7.99. The van der Waals surface area contributed by atoms with Crippen LogP contribution in [-0.4, -0.2) is 35.9 Å². The lowest BCUT2D eigenvalue weighted by atomic mass is 10.3. The summed E-state index contributed by atoms with van der Waals surface area (Å²) in [6.45, 7) is 3.52. The van der Waals surface area contributed by atoms with Gasteiger partial charge in [-0.05, 0) is 6.92 Å². The molecule has 2 aromatic heterocycles. The number of aromatic amines is 1. The predicted octanol–water partition coefficient (Wildman–Crippen LogP) is 0.681. The second-order valence-electron chi connectivity index (χ2n) is 3.89. The molecule has 0 fully saturated rings. The zero-order chi connectivity index (χ0) is 13.3. The van der Waals surface area contributed by atoms with Crippen molar-refractivity contribution in [1.29, 1.82) is 0 Å². The number of aryl methyl sites for hydroxylation is 1. The van der Waals surface area contributed by atoms with E-state index >= 15 is 0 Å².